The van der Waals surface area contributed by atoms with E-state index in [1.165, 1.54) is 47.4 Å². The molecule has 1 aliphatic heterocycles. The average molecular weight is 565 g/mol. The molecule has 0 spiro atoms. The lowest BCUT2D eigenvalue weighted by Gasteiger charge is -2.14. The fourth-order valence-corrected chi connectivity index (χ4v) is 4.76. The molecule has 0 aromatic heterocycles. The minimum absolute atomic E-state index is 0.0131. The van der Waals surface area contributed by atoms with Gasteiger partial charge in [-0.2, -0.15) is 13.2 Å². The monoisotopic (exact) mass is 564 g/mol. The maximum atomic E-state index is 13.7. The second-order valence-corrected chi connectivity index (χ2v) is 9.35. The molecule has 196 valence electrons. The largest absolute Gasteiger partial charge is 0.490 e. The Hall–Kier alpha value is -3.97. The van der Waals surface area contributed by atoms with Crippen LogP contribution in [0.25, 0.3) is 6.08 Å². The normalized spacial score (nSPS) is 14.8. The molecule has 3 aromatic carbocycles. The molecule has 0 unspecified atom stereocenters. The Morgan fingerprint density at radius 1 is 1.08 bits per heavy atom. The van der Waals surface area contributed by atoms with Crippen LogP contribution in [0, 0.1) is 15.9 Å². The number of carbonyl (C=O) groups excluding carboxylic acids is 1. The molecule has 1 heterocycles. The van der Waals surface area contributed by atoms with Gasteiger partial charge < -0.3 is 9.47 Å². The first-order chi connectivity index (χ1) is 18.0. The molecule has 1 aliphatic rings. The zero-order valence-electron chi connectivity index (χ0n) is 19.3. The van der Waals surface area contributed by atoms with Gasteiger partial charge in [0.25, 0.3) is 5.91 Å². The van der Waals surface area contributed by atoms with Crippen LogP contribution < -0.4 is 14.4 Å². The van der Waals surface area contributed by atoms with E-state index >= 15 is 0 Å². The van der Waals surface area contributed by atoms with Crippen LogP contribution in [-0.4, -0.2) is 21.8 Å². The van der Waals surface area contributed by atoms with Gasteiger partial charge in [-0.25, -0.2) is 4.39 Å². The summed E-state index contributed by atoms with van der Waals surface area (Å²) in [7, 11) is 0. The predicted octanol–water partition coefficient (Wildman–Crippen LogP) is 7.35. The number of thioether (sulfide) groups is 1. The van der Waals surface area contributed by atoms with E-state index in [9.17, 15) is 32.5 Å². The number of benzene rings is 3. The zero-order chi connectivity index (χ0) is 27.6. The van der Waals surface area contributed by atoms with Gasteiger partial charge in [0.05, 0.1) is 27.7 Å². The van der Waals surface area contributed by atoms with Gasteiger partial charge in [0.15, 0.2) is 15.8 Å². The summed E-state index contributed by atoms with van der Waals surface area (Å²) < 4.78 is 64.1. The van der Waals surface area contributed by atoms with Gasteiger partial charge in [-0.3, -0.25) is 19.8 Å². The number of rotatable bonds is 7. The molecule has 0 aliphatic carbocycles. The predicted molar refractivity (Wildman–Crippen MR) is 138 cm³/mol. The van der Waals surface area contributed by atoms with E-state index in [4.69, 9.17) is 21.7 Å². The molecular weight excluding hydrogens is 548 g/mol. The summed E-state index contributed by atoms with van der Waals surface area (Å²) in [5.74, 6) is -1.24. The number of carbonyl (C=O) groups is 1. The van der Waals surface area contributed by atoms with Crippen LogP contribution in [0.4, 0.5) is 28.9 Å². The van der Waals surface area contributed by atoms with Gasteiger partial charge in [-0.15, -0.1) is 0 Å². The number of hydrogen-bond donors (Lipinski definition) is 0. The van der Waals surface area contributed by atoms with Crippen molar-refractivity contribution in [1.82, 2.24) is 0 Å². The van der Waals surface area contributed by atoms with Crippen LogP contribution in [0.3, 0.4) is 0 Å². The second kappa shape index (κ2) is 10.8. The molecule has 0 radical (unpaired) electrons. The molecule has 1 fully saturated rings. The van der Waals surface area contributed by atoms with Gasteiger partial charge in [-0.1, -0.05) is 36.1 Å². The van der Waals surface area contributed by atoms with Crippen LogP contribution >= 0.6 is 24.0 Å². The summed E-state index contributed by atoms with van der Waals surface area (Å²) in [6, 6.07) is 11.8. The zero-order valence-corrected chi connectivity index (χ0v) is 21.0. The molecule has 0 atom stereocenters. The molecule has 4 rings (SSSR count). The minimum Gasteiger partial charge on any atom is -0.490 e. The van der Waals surface area contributed by atoms with E-state index in [1.54, 1.807) is 13.0 Å². The van der Waals surface area contributed by atoms with Crippen molar-refractivity contribution >= 4 is 51.7 Å². The van der Waals surface area contributed by atoms with Crippen molar-refractivity contribution in [3.8, 4) is 17.2 Å². The number of nitro groups is 1. The fourth-order valence-electron chi connectivity index (χ4n) is 3.47. The number of halogens is 4. The molecule has 1 saturated heterocycles. The van der Waals surface area contributed by atoms with Gasteiger partial charge in [-0.05, 0) is 61.0 Å². The van der Waals surface area contributed by atoms with E-state index in [0.29, 0.717) is 17.7 Å². The average Bonchev–Trinajstić information content (AvgIpc) is 3.12. The van der Waals surface area contributed by atoms with E-state index in [0.717, 1.165) is 17.8 Å². The van der Waals surface area contributed by atoms with E-state index in [-0.39, 0.29) is 33.0 Å². The first-order valence-corrected chi connectivity index (χ1v) is 12.0. The van der Waals surface area contributed by atoms with E-state index < -0.39 is 39.8 Å². The molecule has 0 bridgehead atoms. The fraction of sp³-hybridized carbons (Fsp3) is 0.120. The molecule has 0 saturated carbocycles. The van der Waals surface area contributed by atoms with Gasteiger partial charge in [0, 0.05) is 6.07 Å². The Bertz CT molecular complexity index is 1480. The maximum absolute atomic E-state index is 13.7. The van der Waals surface area contributed by atoms with Crippen LogP contribution in [0.2, 0.25) is 0 Å². The standard InChI is InChI=1S/C25H16F4N2O5S2/c1-2-35-21-10-14(11-22-23(32)30(24(37)38-22)17-5-3-4-16(26)13-17)6-8-20(21)36-19-9-7-15(25(27,28)29)12-18(19)31(33)34/h3-13H,2H2,1H3/b22-11-. The molecule has 3 aromatic rings. The SMILES string of the molecule is CCOc1cc(/C=C2\SC(=S)N(c3cccc(F)c3)C2=O)ccc1Oc1ccc(C(F)(F)F)cc1[N+](=O)[O-]. The lowest BCUT2D eigenvalue weighted by molar-refractivity contribution is -0.385. The molecule has 13 heteroatoms. The summed E-state index contributed by atoms with van der Waals surface area (Å²) >= 11 is 6.32. The third-order valence-electron chi connectivity index (χ3n) is 5.13. The molecule has 0 N–H and O–H groups in total. The topological polar surface area (TPSA) is 81.9 Å². The number of hydrogen-bond acceptors (Lipinski definition) is 7. The lowest BCUT2D eigenvalue weighted by atomic mass is 10.1. The quantitative estimate of drug-likeness (QED) is 0.0976. The highest BCUT2D eigenvalue weighted by Crippen LogP contribution is 2.41. The molecule has 1 amide bonds. The van der Waals surface area contributed by atoms with Crippen molar-refractivity contribution in [3.05, 3.63) is 92.6 Å². The number of anilines is 1. The Labute approximate surface area is 222 Å². The molecule has 7 nitrogen and oxygen atoms in total. The van der Waals surface area contributed by atoms with Crippen LogP contribution in [0.5, 0.6) is 17.2 Å². The number of nitro benzene ring substituents is 1. The minimum atomic E-state index is -4.77. The van der Waals surface area contributed by atoms with Crippen LogP contribution in [0.15, 0.2) is 65.6 Å². The lowest BCUT2D eigenvalue weighted by Crippen LogP contribution is -2.27. The Kier molecular flexibility index (Phi) is 7.69. The van der Waals surface area contributed by atoms with Gasteiger partial charge in [0.1, 0.15) is 5.82 Å². The smallest absolute Gasteiger partial charge is 0.416 e. The summed E-state index contributed by atoms with van der Waals surface area (Å²) in [5.41, 5.74) is -1.28. The van der Waals surface area contributed by atoms with Gasteiger partial charge in [0.2, 0.25) is 5.75 Å². The van der Waals surface area contributed by atoms with Crippen molar-refractivity contribution in [2.75, 3.05) is 11.5 Å². The molecular formula is C25H16F4N2O5S2. The number of nitrogens with zero attached hydrogens (tertiary/aromatic N) is 2. The summed E-state index contributed by atoms with van der Waals surface area (Å²) in [4.78, 5) is 24.9. The Balaban J connectivity index is 1.64. The Morgan fingerprint density at radius 3 is 2.47 bits per heavy atom. The summed E-state index contributed by atoms with van der Waals surface area (Å²) in [6.45, 7) is 1.86. The second-order valence-electron chi connectivity index (χ2n) is 7.68. The van der Waals surface area contributed by atoms with Crippen LogP contribution in [-0.2, 0) is 11.0 Å². The summed E-state index contributed by atoms with van der Waals surface area (Å²) in [5, 5.41) is 11.4. The van der Waals surface area contributed by atoms with Crippen molar-refractivity contribution in [2.24, 2.45) is 0 Å². The van der Waals surface area contributed by atoms with Crippen molar-refractivity contribution in [3.63, 3.8) is 0 Å². The van der Waals surface area contributed by atoms with Crippen molar-refractivity contribution in [1.29, 1.82) is 0 Å². The third kappa shape index (κ3) is 5.78. The third-order valence-corrected chi connectivity index (χ3v) is 6.43. The van der Waals surface area contributed by atoms with Crippen LogP contribution in [0.1, 0.15) is 18.1 Å². The molecule has 38 heavy (non-hydrogen) atoms. The Morgan fingerprint density at radius 2 is 1.82 bits per heavy atom. The highest BCUT2D eigenvalue weighted by Gasteiger charge is 2.34. The maximum Gasteiger partial charge on any atom is 0.416 e. The number of amides is 1. The first kappa shape index (κ1) is 27.1. The number of thiocarbonyl (C=S) groups is 1. The van der Waals surface area contributed by atoms with Crippen molar-refractivity contribution in [2.45, 2.75) is 13.1 Å². The highest BCUT2D eigenvalue weighted by molar-refractivity contribution is 8.27. The first-order valence-electron chi connectivity index (χ1n) is 10.8. The summed E-state index contributed by atoms with van der Waals surface area (Å²) in [6.07, 6.45) is -3.23. The highest BCUT2D eigenvalue weighted by atomic mass is 32.2. The van der Waals surface area contributed by atoms with Crippen molar-refractivity contribution < 1.29 is 36.8 Å². The van der Waals surface area contributed by atoms with E-state index in [1.807, 2.05) is 0 Å². The van der Waals surface area contributed by atoms with E-state index in [2.05, 4.69) is 0 Å². The number of alkyl halides is 3. The van der Waals surface area contributed by atoms with Gasteiger partial charge >= 0.3 is 11.9 Å². The number of ether oxygens (including phenoxy) is 2.